The summed E-state index contributed by atoms with van der Waals surface area (Å²) in [7, 11) is 2.99. The number of nitrogens with zero attached hydrogens (tertiary/aromatic N) is 1. The van der Waals surface area contributed by atoms with E-state index in [9.17, 15) is 9.59 Å². The van der Waals surface area contributed by atoms with Gasteiger partial charge in [0, 0.05) is 13.6 Å². The number of thioether (sulfide) groups is 1. The second kappa shape index (κ2) is 8.36. The third kappa shape index (κ3) is 5.93. The van der Waals surface area contributed by atoms with Crippen LogP contribution in [0.2, 0.25) is 0 Å². The summed E-state index contributed by atoms with van der Waals surface area (Å²) in [6, 6.07) is -0.489. The van der Waals surface area contributed by atoms with Gasteiger partial charge in [0.05, 0.1) is 19.1 Å². The molecule has 1 unspecified atom stereocenters. The Morgan fingerprint density at radius 3 is 2.53 bits per heavy atom. The van der Waals surface area contributed by atoms with Gasteiger partial charge in [0.2, 0.25) is 5.91 Å². The summed E-state index contributed by atoms with van der Waals surface area (Å²) in [4.78, 5) is 24.5. The largest absolute Gasteiger partial charge is 0.469 e. The summed E-state index contributed by atoms with van der Waals surface area (Å²) in [5, 5.41) is 0. The molecule has 2 atom stereocenters. The highest BCUT2D eigenvalue weighted by Crippen LogP contribution is 2.05. The molecule has 6 heteroatoms. The van der Waals surface area contributed by atoms with Gasteiger partial charge in [-0.05, 0) is 18.4 Å². The minimum atomic E-state index is -0.489. The van der Waals surface area contributed by atoms with Crippen molar-refractivity contribution in [1.82, 2.24) is 4.90 Å². The lowest BCUT2D eigenvalue weighted by Gasteiger charge is -2.23. The Morgan fingerprint density at radius 1 is 1.47 bits per heavy atom. The first-order valence-corrected chi connectivity index (χ1v) is 6.90. The van der Waals surface area contributed by atoms with Crippen LogP contribution < -0.4 is 5.73 Å². The molecular weight excluding hydrogens is 240 g/mol. The van der Waals surface area contributed by atoms with Crippen LogP contribution in [0.3, 0.4) is 0 Å². The second-order valence-corrected chi connectivity index (χ2v) is 5.02. The number of rotatable bonds is 7. The van der Waals surface area contributed by atoms with Crippen molar-refractivity contribution < 1.29 is 14.3 Å². The van der Waals surface area contributed by atoms with Gasteiger partial charge in [-0.2, -0.15) is 11.8 Å². The van der Waals surface area contributed by atoms with E-state index in [0.717, 1.165) is 5.75 Å². The molecule has 0 radical (unpaired) electrons. The van der Waals surface area contributed by atoms with Crippen LogP contribution in [-0.2, 0) is 14.3 Å². The van der Waals surface area contributed by atoms with Gasteiger partial charge in [-0.3, -0.25) is 9.59 Å². The fourth-order valence-electron chi connectivity index (χ4n) is 1.43. The monoisotopic (exact) mass is 262 g/mol. The van der Waals surface area contributed by atoms with Crippen LogP contribution >= 0.6 is 11.8 Å². The Labute approximate surface area is 107 Å². The Bertz CT molecular complexity index is 261. The van der Waals surface area contributed by atoms with Crippen LogP contribution in [0.4, 0.5) is 0 Å². The Kier molecular flexibility index (Phi) is 7.99. The maximum absolute atomic E-state index is 11.8. The summed E-state index contributed by atoms with van der Waals surface area (Å²) < 4.78 is 4.61. The van der Waals surface area contributed by atoms with E-state index in [4.69, 9.17) is 5.73 Å². The lowest BCUT2D eigenvalue weighted by Crippen LogP contribution is -2.44. The van der Waals surface area contributed by atoms with Crippen LogP contribution in [0.1, 0.15) is 13.3 Å². The number of nitrogens with two attached hydrogens (primary N) is 1. The zero-order valence-electron chi connectivity index (χ0n) is 10.9. The average Bonchev–Trinajstić information content (AvgIpc) is 2.33. The van der Waals surface area contributed by atoms with Gasteiger partial charge < -0.3 is 15.4 Å². The number of hydrogen-bond acceptors (Lipinski definition) is 5. The van der Waals surface area contributed by atoms with Crippen LogP contribution in [-0.4, -0.2) is 55.5 Å². The summed E-state index contributed by atoms with van der Waals surface area (Å²) in [6.07, 6.45) is 2.62. The van der Waals surface area contributed by atoms with Crippen LogP contribution in [0.5, 0.6) is 0 Å². The van der Waals surface area contributed by atoms with Crippen molar-refractivity contribution in [3.63, 3.8) is 0 Å². The third-order valence-electron chi connectivity index (χ3n) is 2.48. The van der Waals surface area contributed by atoms with Crippen molar-refractivity contribution in [2.24, 2.45) is 11.7 Å². The first kappa shape index (κ1) is 16.2. The normalized spacial score (nSPS) is 13.9. The molecule has 0 bridgehead atoms. The van der Waals surface area contributed by atoms with Crippen molar-refractivity contribution >= 4 is 23.6 Å². The second-order valence-electron chi connectivity index (χ2n) is 4.03. The van der Waals surface area contributed by atoms with Crippen molar-refractivity contribution in [1.29, 1.82) is 0 Å². The van der Waals surface area contributed by atoms with Crippen LogP contribution in [0, 0.1) is 5.92 Å². The van der Waals surface area contributed by atoms with E-state index in [0.29, 0.717) is 13.0 Å². The van der Waals surface area contributed by atoms with Crippen molar-refractivity contribution in [2.75, 3.05) is 32.7 Å². The molecule has 0 aliphatic rings. The molecule has 17 heavy (non-hydrogen) atoms. The first-order chi connectivity index (χ1) is 7.93. The standard InChI is InChI=1S/C11H22N2O3S/c1-8(11(15)16-3)7-13(2)10(14)9(12)5-6-17-4/h8-9H,5-7,12H2,1-4H3/t8?,9-/m0/s1. The lowest BCUT2D eigenvalue weighted by molar-refractivity contribution is -0.146. The fourth-order valence-corrected chi connectivity index (χ4v) is 1.92. The molecule has 0 aliphatic carbocycles. The maximum atomic E-state index is 11.8. The molecule has 0 spiro atoms. The minimum absolute atomic E-state index is 0.130. The number of amides is 1. The maximum Gasteiger partial charge on any atom is 0.310 e. The molecule has 0 aliphatic heterocycles. The summed E-state index contributed by atoms with van der Waals surface area (Å²) >= 11 is 1.66. The van der Waals surface area contributed by atoms with Crippen molar-refractivity contribution in [3.05, 3.63) is 0 Å². The molecule has 0 rings (SSSR count). The number of carbonyl (C=O) groups is 2. The van der Waals surface area contributed by atoms with Gasteiger partial charge >= 0.3 is 5.97 Å². The molecule has 0 saturated heterocycles. The van der Waals surface area contributed by atoms with Crippen molar-refractivity contribution in [3.8, 4) is 0 Å². The highest BCUT2D eigenvalue weighted by atomic mass is 32.2. The average molecular weight is 262 g/mol. The predicted octanol–water partition coefficient (Wildman–Crippen LogP) is 0.334. The number of esters is 1. The molecule has 0 aromatic heterocycles. The molecule has 0 heterocycles. The highest BCUT2D eigenvalue weighted by molar-refractivity contribution is 7.98. The first-order valence-electron chi connectivity index (χ1n) is 5.51. The minimum Gasteiger partial charge on any atom is -0.469 e. The Hall–Kier alpha value is -0.750. The number of hydrogen-bond donors (Lipinski definition) is 1. The zero-order chi connectivity index (χ0) is 13.4. The molecule has 2 N–H and O–H groups in total. The molecule has 0 aromatic rings. The van der Waals surface area contributed by atoms with E-state index >= 15 is 0 Å². The molecule has 5 nitrogen and oxygen atoms in total. The quantitative estimate of drug-likeness (QED) is 0.670. The van der Waals surface area contributed by atoms with Gasteiger partial charge in [0.1, 0.15) is 0 Å². The van der Waals surface area contributed by atoms with Gasteiger partial charge in [0.15, 0.2) is 0 Å². The van der Waals surface area contributed by atoms with E-state index in [-0.39, 0.29) is 17.8 Å². The molecular formula is C11H22N2O3S. The summed E-state index contributed by atoms with van der Waals surface area (Å²) in [5.74, 6) is 0.0756. The molecule has 0 saturated carbocycles. The predicted molar refractivity (Wildman–Crippen MR) is 69.8 cm³/mol. The van der Waals surface area contributed by atoms with Crippen LogP contribution in [0.15, 0.2) is 0 Å². The number of carbonyl (C=O) groups excluding carboxylic acids is 2. The summed E-state index contributed by atoms with van der Waals surface area (Å²) in [6.45, 7) is 2.06. The molecule has 0 fully saturated rings. The van der Waals surface area contributed by atoms with E-state index in [1.54, 1.807) is 25.7 Å². The van der Waals surface area contributed by atoms with Crippen molar-refractivity contribution in [2.45, 2.75) is 19.4 Å². The highest BCUT2D eigenvalue weighted by Gasteiger charge is 2.22. The van der Waals surface area contributed by atoms with Gasteiger partial charge in [-0.1, -0.05) is 6.92 Å². The SMILES string of the molecule is COC(=O)C(C)CN(C)C(=O)[C@@H](N)CCSC. The van der Waals surface area contributed by atoms with Gasteiger partial charge in [-0.25, -0.2) is 0 Å². The third-order valence-corrected chi connectivity index (χ3v) is 3.12. The van der Waals surface area contributed by atoms with E-state index in [2.05, 4.69) is 4.74 Å². The fraction of sp³-hybridized carbons (Fsp3) is 0.818. The molecule has 1 amide bonds. The molecule has 0 aromatic carbocycles. The Balaban J connectivity index is 4.16. The number of ether oxygens (including phenoxy) is 1. The van der Waals surface area contributed by atoms with E-state index in [1.807, 2.05) is 6.26 Å². The summed E-state index contributed by atoms with van der Waals surface area (Å²) in [5.41, 5.74) is 5.77. The van der Waals surface area contributed by atoms with Gasteiger partial charge in [0.25, 0.3) is 0 Å². The molecule has 100 valence electrons. The van der Waals surface area contributed by atoms with Crippen LogP contribution in [0.25, 0.3) is 0 Å². The number of methoxy groups -OCH3 is 1. The zero-order valence-corrected chi connectivity index (χ0v) is 11.8. The van der Waals surface area contributed by atoms with E-state index in [1.165, 1.54) is 12.0 Å². The smallest absolute Gasteiger partial charge is 0.310 e. The topological polar surface area (TPSA) is 72.6 Å². The van der Waals surface area contributed by atoms with E-state index < -0.39 is 6.04 Å². The number of likely N-dealkylation sites (N-methyl/N-ethyl adjacent to an activating group) is 1. The Morgan fingerprint density at radius 2 is 2.06 bits per heavy atom. The van der Waals surface area contributed by atoms with Gasteiger partial charge in [-0.15, -0.1) is 0 Å². The lowest BCUT2D eigenvalue weighted by atomic mass is 10.1.